The fraction of sp³-hybridized carbons (Fsp3) is 0.846. The lowest BCUT2D eigenvalue weighted by molar-refractivity contribution is -0.182. The second kappa shape index (κ2) is 3.24. The number of rotatable bonds is 2. The van der Waals surface area contributed by atoms with Gasteiger partial charge < -0.3 is 9.47 Å². The molecular formula is C13H18O4. The Morgan fingerprint density at radius 3 is 2.82 bits per heavy atom. The standard InChI is InChI=1S/C13H18O4/c1-6(2)11(14)17-13(3)7-4-8-9(5-7)12(15)16-10(8)13/h6-10H,4-5H2,1-3H3. The Morgan fingerprint density at radius 1 is 1.47 bits per heavy atom. The van der Waals surface area contributed by atoms with Crippen LogP contribution >= 0.6 is 0 Å². The predicted molar refractivity (Wildman–Crippen MR) is 58.9 cm³/mol. The molecule has 5 atom stereocenters. The van der Waals surface area contributed by atoms with Crippen LogP contribution in [0.5, 0.6) is 0 Å². The third-order valence-corrected chi connectivity index (χ3v) is 4.71. The number of ether oxygens (including phenoxy) is 2. The van der Waals surface area contributed by atoms with Crippen LogP contribution in [0.2, 0.25) is 0 Å². The second-order valence-electron chi connectivity index (χ2n) is 6.06. The minimum absolute atomic E-state index is 0.0656. The molecule has 4 heteroatoms. The van der Waals surface area contributed by atoms with Crippen molar-refractivity contribution < 1.29 is 19.1 Å². The van der Waals surface area contributed by atoms with Gasteiger partial charge in [-0.2, -0.15) is 0 Å². The lowest BCUT2D eigenvalue weighted by atomic mass is 9.79. The molecule has 1 heterocycles. The molecule has 0 amide bonds. The Bertz CT molecular complexity index is 389. The highest BCUT2D eigenvalue weighted by Crippen LogP contribution is 2.60. The van der Waals surface area contributed by atoms with Gasteiger partial charge >= 0.3 is 11.9 Å². The Hall–Kier alpha value is -1.06. The van der Waals surface area contributed by atoms with E-state index in [0.29, 0.717) is 0 Å². The Kier molecular flexibility index (Phi) is 2.11. The van der Waals surface area contributed by atoms with Crippen LogP contribution in [0.25, 0.3) is 0 Å². The van der Waals surface area contributed by atoms with Crippen LogP contribution in [0.4, 0.5) is 0 Å². The molecule has 2 saturated carbocycles. The molecule has 17 heavy (non-hydrogen) atoms. The number of hydrogen-bond donors (Lipinski definition) is 0. The van der Waals surface area contributed by atoms with Crippen LogP contribution in [0.3, 0.4) is 0 Å². The van der Waals surface area contributed by atoms with Gasteiger partial charge in [0.15, 0.2) is 0 Å². The summed E-state index contributed by atoms with van der Waals surface area (Å²) in [6.45, 7) is 5.57. The molecule has 3 fully saturated rings. The highest BCUT2D eigenvalue weighted by Gasteiger charge is 2.69. The summed E-state index contributed by atoms with van der Waals surface area (Å²) in [7, 11) is 0. The maximum atomic E-state index is 11.8. The molecule has 0 N–H and O–H groups in total. The molecule has 0 aromatic rings. The number of esters is 2. The molecule has 2 bridgehead atoms. The third-order valence-electron chi connectivity index (χ3n) is 4.71. The Labute approximate surface area is 101 Å². The monoisotopic (exact) mass is 238 g/mol. The van der Waals surface area contributed by atoms with E-state index in [4.69, 9.17) is 9.47 Å². The van der Waals surface area contributed by atoms with Crippen molar-refractivity contribution in [3.63, 3.8) is 0 Å². The summed E-state index contributed by atoms with van der Waals surface area (Å²) in [5, 5.41) is 0. The molecule has 0 spiro atoms. The van der Waals surface area contributed by atoms with Gasteiger partial charge in [0.2, 0.25) is 0 Å². The maximum Gasteiger partial charge on any atom is 0.309 e. The van der Waals surface area contributed by atoms with Crippen LogP contribution in [0.15, 0.2) is 0 Å². The van der Waals surface area contributed by atoms with Gasteiger partial charge in [-0.15, -0.1) is 0 Å². The van der Waals surface area contributed by atoms with Crippen molar-refractivity contribution in [2.24, 2.45) is 23.7 Å². The lowest BCUT2D eigenvalue weighted by Crippen LogP contribution is -2.48. The molecule has 1 aliphatic heterocycles. The van der Waals surface area contributed by atoms with Crippen molar-refractivity contribution in [2.45, 2.75) is 45.3 Å². The highest BCUT2D eigenvalue weighted by atomic mass is 16.6. The summed E-state index contributed by atoms with van der Waals surface area (Å²) in [5.74, 6) is 0.204. The first-order chi connectivity index (χ1) is 7.93. The molecule has 4 nitrogen and oxygen atoms in total. The quantitative estimate of drug-likeness (QED) is 0.684. The first-order valence-electron chi connectivity index (χ1n) is 6.37. The van der Waals surface area contributed by atoms with Gasteiger partial charge in [-0.3, -0.25) is 9.59 Å². The van der Waals surface area contributed by atoms with Crippen LogP contribution in [-0.4, -0.2) is 23.6 Å². The SMILES string of the molecule is CC(C)C(=O)OC1(C)C2CC3C(=O)OC1C3C2. The van der Waals surface area contributed by atoms with E-state index >= 15 is 0 Å². The van der Waals surface area contributed by atoms with E-state index in [2.05, 4.69) is 0 Å². The lowest BCUT2D eigenvalue weighted by Gasteiger charge is -2.36. The zero-order valence-electron chi connectivity index (χ0n) is 10.4. The molecule has 3 rings (SSSR count). The summed E-state index contributed by atoms with van der Waals surface area (Å²) in [6, 6.07) is 0. The zero-order valence-corrected chi connectivity index (χ0v) is 10.4. The van der Waals surface area contributed by atoms with E-state index in [9.17, 15) is 9.59 Å². The van der Waals surface area contributed by atoms with Crippen molar-refractivity contribution in [3.8, 4) is 0 Å². The van der Waals surface area contributed by atoms with Crippen LogP contribution in [0.1, 0.15) is 33.6 Å². The second-order valence-corrected chi connectivity index (χ2v) is 6.06. The molecule has 2 aliphatic carbocycles. The van der Waals surface area contributed by atoms with Gasteiger partial charge in [-0.1, -0.05) is 13.8 Å². The summed E-state index contributed by atoms with van der Waals surface area (Å²) in [5.41, 5.74) is -0.589. The number of fused-ring (bicyclic) bond motifs is 1. The number of carbonyl (C=O) groups excluding carboxylic acids is 2. The van der Waals surface area contributed by atoms with Crippen molar-refractivity contribution >= 4 is 11.9 Å². The highest BCUT2D eigenvalue weighted by molar-refractivity contribution is 5.78. The third kappa shape index (κ3) is 1.30. The van der Waals surface area contributed by atoms with Gasteiger partial charge in [-0.05, 0) is 19.8 Å². The van der Waals surface area contributed by atoms with Gasteiger partial charge in [0.1, 0.15) is 11.7 Å². The van der Waals surface area contributed by atoms with Gasteiger partial charge in [0, 0.05) is 11.8 Å². The van der Waals surface area contributed by atoms with E-state index in [0.717, 1.165) is 12.8 Å². The molecule has 0 aromatic heterocycles. The van der Waals surface area contributed by atoms with Crippen molar-refractivity contribution in [3.05, 3.63) is 0 Å². The average molecular weight is 238 g/mol. The molecular weight excluding hydrogens is 220 g/mol. The minimum Gasteiger partial charge on any atom is -0.458 e. The summed E-state index contributed by atoms with van der Waals surface area (Å²) < 4.78 is 11.1. The summed E-state index contributed by atoms with van der Waals surface area (Å²) >= 11 is 0. The van der Waals surface area contributed by atoms with E-state index < -0.39 is 5.60 Å². The fourth-order valence-corrected chi connectivity index (χ4v) is 3.69. The van der Waals surface area contributed by atoms with Crippen LogP contribution < -0.4 is 0 Å². The first-order valence-corrected chi connectivity index (χ1v) is 6.37. The van der Waals surface area contributed by atoms with E-state index in [1.807, 2.05) is 20.8 Å². The van der Waals surface area contributed by atoms with Gasteiger partial charge in [0.05, 0.1) is 11.8 Å². The van der Waals surface area contributed by atoms with Gasteiger partial charge in [-0.25, -0.2) is 0 Å². The number of hydrogen-bond acceptors (Lipinski definition) is 4. The molecule has 94 valence electrons. The van der Waals surface area contributed by atoms with E-state index in [-0.39, 0.29) is 41.7 Å². The normalized spacial score (nSPS) is 46.5. The minimum atomic E-state index is -0.589. The molecule has 5 unspecified atom stereocenters. The van der Waals surface area contributed by atoms with Crippen LogP contribution in [-0.2, 0) is 19.1 Å². The zero-order chi connectivity index (χ0) is 12.4. The summed E-state index contributed by atoms with van der Waals surface area (Å²) in [6.07, 6.45) is 1.58. The van der Waals surface area contributed by atoms with Crippen LogP contribution in [0, 0.1) is 23.7 Å². The first kappa shape index (κ1) is 11.1. The van der Waals surface area contributed by atoms with Gasteiger partial charge in [0.25, 0.3) is 0 Å². The van der Waals surface area contributed by atoms with E-state index in [1.54, 1.807) is 0 Å². The molecule has 1 saturated heterocycles. The van der Waals surface area contributed by atoms with Crippen molar-refractivity contribution in [1.82, 2.24) is 0 Å². The smallest absolute Gasteiger partial charge is 0.309 e. The topological polar surface area (TPSA) is 52.6 Å². The Morgan fingerprint density at radius 2 is 2.18 bits per heavy atom. The van der Waals surface area contributed by atoms with E-state index in [1.165, 1.54) is 0 Å². The van der Waals surface area contributed by atoms with Crippen molar-refractivity contribution in [2.75, 3.05) is 0 Å². The largest absolute Gasteiger partial charge is 0.458 e. The predicted octanol–water partition coefficient (Wildman–Crippen LogP) is 1.53. The van der Waals surface area contributed by atoms with Crippen molar-refractivity contribution in [1.29, 1.82) is 0 Å². The maximum absolute atomic E-state index is 11.8. The molecule has 0 aromatic carbocycles. The molecule has 0 radical (unpaired) electrons. The Balaban J connectivity index is 1.85. The summed E-state index contributed by atoms with van der Waals surface area (Å²) in [4.78, 5) is 23.4. The number of carbonyl (C=O) groups is 2. The fourth-order valence-electron chi connectivity index (χ4n) is 3.69. The molecule has 3 aliphatic rings. The average Bonchev–Trinajstić information content (AvgIpc) is 2.83.